The molecule has 2 aromatic heterocycles. The molecular formula is C18H23ClN4O3S. The highest BCUT2D eigenvalue weighted by atomic mass is 35.5. The number of carbonyl (C=O) groups excluding carboxylic acids is 2. The van der Waals surface area contributed by atoms with Gasteiger partial charge in [-0.1, -0.05) is 0 Å². The Morgan fingerprint density at radius 2 is 2.15 bits per heavy atom. The second-order valence-electron chi connectivity index (χ2n) is 7.07. The minimum Gasteiger partial charge on any atom is -0.458 e. The molecule has 3 N–H and O–H groups in total. The summed E-state index contributed by atoms with van der Waals surface area (Å²) in [4.78, 5) is 27.9. The molecule has 9 heteroatoms. The summed E-state index contributed by atoms with van der Waals surface area (Å²) in [5, 5.41) is 11.5. The summed E-state index contributed by atoms with van der Waals surface area (Å²) in [5.74, 6) is 1.39. The van der Waals surface area contributed by atoms with Crippen LogP contribution in [0.1, 0.15) is 31.9 Å². The lowest BCUT2D eigenvalue weighted by Gasteiger charge is -2.22. The van der Waals surface area contributed by atoms with E-state index in [4.69, 9.17) is 4.42 Å². The largest absolute Gasteiger partial charge is 0.458 e. The van der Waals surface area contributed by atoms with Crippen molar-refractivity contribution in [2.24, 2.45) is 11.3 Å². The van der Waals surface area contributed by atoms with E-state index in [1.165, 1.54) is 18.3 Å². The Kier molecular flexibility index (Phi) is 5.88. The van der Waals surface area contributed by atoms with Gasteiger partial charge in [-0.25, -0.2) is 4.98 Å². The predicted octanol–water partition coefficient (Wildman–Crippen LogP) is 2.79. The lowest BCUT2D eigenvalue weighted by molar-refractivity contribution is -0.119. The van der Waals surface area contributed by atoms with Crippen LogP contribution in [0.15, 0.2) is 21.9 Å². The molecular weight excluding hydrogens is 388 g/mol. The number of hydrogen-bond donors (Lipinski definition) is 3. The van der Waals surface area contributed by atoms with Crippen molar-refractivity contribution in [3.8, 4) is 11.5 Å². The van der Waals surface area contributed by atoms with Gasteiger partial charge in [-0.15, -0.1) is 23.7 Å². The summed E-state index contributed by atoms with van der Waals surface area (Å²) >= 11 is 1.40. The molecule has 7 nitrogen and oxygen atoms in total. The third-order valence-electron chi connectivity index (χ3n) is 5.27. The Morgan fingerprint density at radius 3 is 2.89 bits per heavy atom. The first-order chi connectivity index (χ1) is 12.6. The van der Waals surface area contributed by atoms with Gasteiger partial charge in [0.2, 0.25) is 11.8 Å². The Labute approximate surface area is 167 Å². The van der Waals surface area contributed by atoms with Crippen LogP contribution >= 0.6 is 23.7 Å². The SMILES string of the molecule is CC(=O)NCc1ccc(-c2csc(NC(=O)C3CC34CCNCC4)n2)o1.Cl. The molecule has 3 heterocycles. The number of anilines is 1. The van der Waals surface area contributed by atoms with Crippen LogP contribution in [-0.4, -0.2) is 29.9 Å². The standard InChI is InChI=1S/C18H22N4O3S.ClH/c1-11(23)20-9-12-2-3-15(25-12)14-10-26-17(21-14)22-16(24)13-8-18(13)4-6-19-7-5-18;/h2-3,10,13,19H,4-9H2,1H3,(H,20,23)(H,21,22,24);1H. The van der Waals surface area contributed by atoms with Gasteiger partial charge >= 0.3 is 0 Å². The number of rotatable bonds is 5. The van der Waals surface area contributed by atoms with Crippen molar-refractivity contribution >= 4 is 40.7 Å². The van der Waals surface area contributed by atoms with Crippen LogP contribution in [0, 0.1) is 11.3 Å². The third kappa shape index (κ3) is 4.34. The number of carbonyl (C=O) groups is 2. The quantitative estimate of drug-likeness (QED) is 0.704. The fraction of sp³-hybridized carbons (Fsp3) is 0.500. The summed E-state index contributed by atoms with van der Waals surface area (Å²) < 4.78 is 5.70. The molecule has 0 aromatic carbocycles. The van der Waals surface area contributed by atoms with E-state index < -0.39 is 0 Å². The smallest absolute Gasteiger partial charge is 0.229 e. The number of thiazole rings is 1. The molecule has 2 aliphatic rings. The van der Waals surface area contributed by atoms with Crippen molar-refractivity contribution in [1.82, 2.24) is 15.6 Å². The van der Waals surface area contributed by atoms with E-state index in [2.05, 4.69) is 20.9 Å². The zero-order valence-electron chi connectivity index (χ0n) is 15.0. The first-order valence-corrected chi connectivity index (χ1v) is 9.74. The van der Waals surface area contributed by atoms with Gasteiger partial charge in [-0.2, -0.15) is 0 Å². The highest BCUT2D eigenvalue weighted by molar-refractivity contribution is 7.14. The molecule has 27 heavy (non-hydrogen) atoms. The monoisotopic (exact) mass is 410 g/mol. The average Bonchev–Trinajstić information content (AvgIpc) is 3.00. The molecule has 1 atom stereocenters. The molecule has 2 amide bonds. The zero-order chi connectivity index (χ0) is 18.1. The van der Waals surface area contributed by atoms with Gasteiger partial charge in [0.1, 0.15) is 11.5 Å². The van der Waals surface area contributed by atoms with E-state index in [1.807, 2.05) is 17.5 Å². The minimum atomic E-state index is -0.104. The summed E-state index contributed by atoms with van der Waals surface area (Å²) in [6.07, 6.45) is 3.15. The van der Waals surface area contributed by atoms with Gasteiger partial charge < -0.3 is 20.4 Å². The average molecular weight is 411 g/mol. The molecule has 1 aliphatic heterocycles. The summed E-state index contributed by atoms with van der Waals surface area (Å²) in [5.41, 5.74) is 0.904. The molecule has 1 unspecified atom stereocenters. The van der Waals surface area contributed by atoms with Crippen molar-refractivity contribution < 1.29 is 14.0 Å². The number of piperidine rings is 1. The maximum absolute atomic E-state index is 12.5. The molecule has 1 saturated heterocycles. The number of aromatic nitrogens is 1. The second kappa shape index (κ2) is 8.00. The lowest BCUT2D eigenvalue weighted by Crippen LogP contribution is -2.31. The number of hydrogen-bond acceptors (Lipinski definition) is 6. The Hall–Kier alpha value is -1.90. The van der Waals surface area contributed by atoms with E-state index in [9.17, 15) is 9.59 Å². The Bertz CT molecular complexity index is 828. The van der Waals surface area contributed by atoms with Crippen molar-refractivity contribution in [2.75, 3.05) is 18.4 Å². The summed E-state index contributed by atoms with van der Waals surface area (Å²) in [7, 11) is 0. The molecule has 4 rings (SSSR count). The van der Waals surface area contributed by atoms with Gasteiger partial charge in [0.15, 0.2) is 10.9 Å². The van der Waals surface area contributed by atoms with Crippen molar-refractivity contribution in [2.45, 2.75) is 32.7 Å². The highest BCUT2D eigenvalue weighted by Gasteiger charge is 2.57. The van der Waals surface area contributed by atoms with E-state index in [1.54, 1.807) is 0 Å². The molecule has 1 aliphatic carbocycles. The predicted molar refractivity (Wildman–Crippen MR) is 106 cm³/mol. The first kappa shape index (κ1) is 19.9. The molecule has 2 aromatic rings. The van der Waals surface area contributed by atoms with Crippen LogP contribution < -0.4 is 16.0 Å². The highest BCUT2D eigenvalue weighted by Crippen LogP contribution is 2.58. The molecule has 2 fully saturated rings. The van der Waals surface area contributed by atoms with Gasteiger partial charge in [-0.05, 0) is 49.9 Å². The van der Waals surface area contributed by atoms with Crippen LogP contribution in [0.2, 0.25) is 0 Å². The first-order valence-electron chi connectivity index (χ1n) is 8.86. The van der Waals surface area contributed by atoms with Crippen molar-refractivity contribution in [1.29, 1.82) is 0 Å². The zero-order valence-corrected chi connectivity index (χ0v) is 16.7. The van der Waals surface area contributed by atoms with Gasteiger partial charge in [0, 0.05) is 18.2 Å². The molecule has 1 spiro atoms. The number of nitrogens with zero attached hydrogens (tertiary/aromatic N) is 1. The Balaban J connectivity index is 0.00000210. The van der Waals surface area contributed by atoms with Crippen LogP contribution in [0.25, 0.3) is 11.5 Å². The van der Waals surface area contributed by atoms with Crippen molar-refractivity contribution in [3.63, 3.8) is 0 Å². The van der Waals surface area contributed by atoms with E-state index in [0.717, 1.165) is 32.4 Å². The molecule has 0 bridgehead atoms. The minimum absolute atomic E-state index is 0. The molecule has 146 valence electrons. The topological polar surface area (TPSA) is 96.3 Å². The fourth-order valence-electron chi connectivity index (χ4n) is 3.65. The van der Waals surface area contributed by atoms with E-state index in [0.29, 0.717) is 28.9 Å². The van der Waals surface area contributed by atoms with Crippen LogP contribution in [-0.2, 0) is 16.1 Å². The van der Waals surface area contributed by atoms with Gasteiger partial charge in [-0.3, -0.25) is 9.59 Å². The van der Waals surface area contributed by atoms with Gasteiger partial charge in [0.25, 0.3) is 0 Å². The van der Waals surface area contributed by atoms with Crippen molar-refractivity contribution in [3.05, 3.63) is 23.3 Å². The number of nitrogens with one attached hydrogen (secondary N) is 3. The van der Waals surface area contributed by atoms with E-state index in [-0.39, 0.29) is 35.6 Å². The number of furan rings is 1. The van der Waals surface area contributed by atoms with Crippen LogP contribution in [0.3, 0.4) is 0 Å². The van der Waals surface area contributed by atoms with Crippen LogP contribution in [0.5, 0.6) is 0 Å². The number of amides is 2. The summed E-state index contributed by atoms with van der Waals surface area (Å²) in [6.45, 7) is 3.82. The Morgan fingerprint density at radius 1 is 1.37 bits per heavy atom. The fourth-order valence-corrected chi connectivity index (χ4v) is 4.36. The number of halogens is 1. The maximum Gasteiger partial charge on any atom is 0.229 e. The van der Waals surface area contributed by atoms with Gasteiger partial charge in [0.05, 0.1) is 6.54 Å². The molecule has 1 saturated carbocycles. The second-order valence-corrected chi connectivity index (χ2v) is 7.93. The normalized spacial score (nSPS) is 20.0. The lowest BCUT2D eigenvalue weighted by atomic mass is 9.92. The summed E-state index contributed by atoms with van der Waals surface area (Å²) in [6, 6.07) is 3.64. The van der Waals surface area contributed by atoms with Crippen LogP contribution in [0.4, 0.5) is 5.13 Å². The van der Waals surface area contributed by atoms with E-state index >= 15 is 0 Å². The third-order valence-corrected chi connectivity index (χ3v) is 6.02. The molecule has 0 radical (unpaired) electrons. The maximum atomic E-state index is 12.5.